The number of hydrogen-bond acceptors (Lipinski definition) is 7. The molecule has 1 atom stereocenters. The number of rotatable bonds is 5. The van der Waals surface area contributed by atoms with Crippen molar-refractivity contribution in [3.05, 3.63) is 89.0 Å². The Kier molecular flexibility index (Phi) is 5.93. The average molecular weight is 485 g/mol. The van der Waals surface area contributed by atoms with Crippen molar-refractivity contribution in [2.45, 2.75) is 19.4 Å². The molecule has 3 aromatic carbocycles. The number of Topliss-reactive ketones (excluding diaryl/α,β-unsaturated/α-hetero) is 1. The molecule has 8 nitrogen and oxygen atoms in total. The first-order valence-corrected chi connectivity index (χ1v) is 11.4. The summed E-state index contributed by atoms with van der Waals surface area (Å²) in [6, 6.07) is 17.5. The number of amides is 1. The van der Waals surface area contributed by atoms with Crippen molar-refractivity contribution in [2.24, 2.45) is 0 Å². The van der Waals surface area contributed by atoms with E-state index in [1.165, 1.54) is 18.9 Å². The van der Waals surface area contributed by atoms with Gasteiger partial charge >= 0.3 is 5.97 Å². The lowest BCUT2D eigenvalue weighted by molar-refractivity contribution is -0.132. The summed E-state index contributed by atoms with van der Waals surface area (Å²) in [7, 11) is 1.50. The number of nitrogens with zero attached hydrogens (tertiary/aromatic N) is 1. The lowest BCUT2D eigenvalue weighted by Gasteiger charge is -2.26. The number of carbonyl (C=O) groups excluding carboxylic acids is 3. The van der Waals surface area contributed by atoms with E-state index in [0.717, 1.165) is 11.3 Å². The van der Waals surface area contributed by atoms with Crippen LogP contribution in [-0.2, 0) is 20.8 Å². The highest BCUT2D eigenvalue weighted by molar-refractivity contribution is 6.51. The van der Waals surface area contributed by atoms with E-state index in [2.05, 4.69) is 0 Å². The standard InChI is InChI=1S/C28H23NO7/c1-16(30)36-22-8-3-5-18(14-22)25-24(26(31)19-9-10-23-17(13-19)11-12-35-23)27(32)28(33)29(25)20-6-4-7-21(15-20)34-2/h3-10,13-15,25,31H,11-12H2,1-2H3/b26-24-. The number of anilines is 1. The van der Waals surface area contributed by atoms with Gasteiger partial charge in [-0.05, 0) is 53.6 Å². The molecule has 0 saturated carbocycles. The Bertz CT molecular complexity index is 1420. The van der Waals surface area contributed by atoms with Gasteiger partial charge in [-0.1, -0.05) is 18.2 Å². The number of ether oxygens (including phenoxy) is 3. The highest BCUT2D eigenvalue weighted by Crippen LogP contribution is 2.44. The minimum Gasteiger partial charge on any atom is -0.507 e. The number of fused-ring (bicyclic) bond motifs is 1. The van der Waals surface area contributed by atoms with Crippen LogP contribution < -0.4 is 19.1 Å². The molecule has 0 aromatic heterocycles. The molecule has 2 heterocycles. The molecule has 8 heteroatoms. The Morgan fingerprint density at radius 3 is 2.58 bits per heavy atom. The molecule has 1 saturated heterocycles. The molecule has 1 unspecified atom stereocenters. The van der Waals surface area contributed by atoms with Gasteiger partial charge < -0.3 is 19.3 Å². The molecule has 5 rings (SSSR count). The summed E-state index contributed by atoms with van der Waals surface area (Å²) in [6.07, 6.45) is 0.683. The van der Waals surface area contributed by atoms with E-state index in [0.29, 0.717) is 35.6 Å². The van der Waals surface area contributed by atoms with Crippen molar-refractivity contribution in [3.63, 3.8) is 0 Å². The van der Waals surface area contributed by atoms with E-state index < -0.39 is 23.7 Å². The zero-order valence-corrected chi connectivity index (χ0v) is 19.7. The molecule has 36 heavy (non-hydrogen) atoms. The summed E-state index contributed by atoms with van der Waals surface area (Å²) in [5.74, 6) is -0.932. The Morgan fingerprint density at radius 1 is 1.03 bits per heavy atom. The predicted molar refractivity (Wildman–Crippen MR) is 131 cm³/mol. The minimum atomic E-state index is -0.975. The monoisotopic (exact) mass is 485 g/mol. The van der Waals surface area contributed by atoms with Gasteiger partial charge in [0.15, 0.2) is 0 Å². The number of carbonyl (C=O) groups is 3. The van der Waals surface area contributed by atoms with E-state index in [1.807, 2.05) is 0 Å². The van der Waals surface area contributed by atoms with Gasteiger partial charge in [0.2, 0.25) is 0 Å². The average Bonchev–Trinajstić information content (AvgIpc) is 3.45. The summed E-state index contributed by atoms with van der Waals surface area (Å²) in [5, 5.41) is 11.4. The molecule has 1 N–H and O–H groups in total. The van der Waals surface area contributed by atoms with Gasteiger partial charge in [-0.15, -0.1) is 0 Å². The number of methoxy groups -OCH3 is 1. The zero-order valence-electron chi connectivity index (χ0n) is 19.7. The number of hydrogen-bond donors (Lipinski definition) is 1. The first-order chi connectivity index (χ1) is 17.4. The lowest BCUT2D eigenvalue weighted by Crippen LogP contribution is -2.29. The van der Waals surface area contributed by atoms with Gasteiger partial charge in [-0.3, -0.25) is 19.3 Å². The van der Waals surface area contributed by atoms with Crippen LogP contribution in [0.2, 0.25) is 0 Å². The first-order valence-electron chi connectivity index (χ1n) is 11.4. The molecule has 1 fully saturated rings. The maximum Gasteiger partial charge on any atom is 0.308 e. The van der Waals surface area contributed by atoms with Crippen LogP contribution in [-0.4, -0.2) is 36.5 Å². The molecule has 3 aromatic rings. The number of aliphatic hydroxyl groups is 1. The zero-order chi connectivity index (χ0) is 25.4. The van der Waals surface area contributed by atoms with Crippen LogP contribution in [0.4, 0.5) is 5.69 Å². The summed E-state index contributed by atoms with van der Waals surface area (Å²) in [6.45, 7) is 1.83. The van der Waals surface area contributed by atoms with Crippen LogP contribution >= 0.6 is 0 Å². The van der Waals surface area contributed by atoms with E-state index in [-0.39, 0.29) is 17.1 Å². The number of ketones is 1. The third-order valence-electron chi connectivity index (χ3n) is 6.17. The van der Waals surface area contributed by atoms with Gasteiger partial charge in [0.05, 0.1) is 25.3 Å². The summed E-state index contributed by atoms with van der Waals surface area (Å²) in [4.78, 5) is 39.6. The lowest BCUT2D eigenvalue weighted by atomic mass is 9.94. The molecule has 182 valence electrons. The fourth-order valence-electron chi connectivity index (χ4n) is 4.58. The van der Waals surface area contributed by atoms with Crippen LogP contribution in [0.15, 0.2) is 72.3 Å². The molecule has 1 amide bonds. The summed E-state index contributed by atoms with van der Waals surface area (Å²) >= 11 is 0. The highest BCUT2D eigenvalue weighted by Gasteiger charge is 2.47. The summed E-state index contributed by atoms with van der Waals surface area (Å²) in [5.41, 5.74) is 2.16. The van der Waals surface area contributed by atoms with Crippen LogP contribution in [0.3, 0.4) is 0 Å². The van der Waals surface area contributed by atoms with Gasteiger partial charge in [0.25, 0.3) is 11.7 Å². The smallest absolute Gasteiger partial charge is 0.308 e. The normalized spacial score (nSPS) is 18.1. The van der Waals surface area contributed by atoms with Crippen LogP contribution in [0.25, 0.3) is 5.76 Å². The SMILES string of the molecule is COc1cccc(N2C(=O)C(=O)/C(=C(\O)c3ccc4c(c3)CCO4)C2c2cccc(OC(C)=O)c2)c1. The van der Waals surface area contributed by atoms with Crippen LogP contribution in [0, 0.1) is 0 Å². The third kappa shape index (κ3) is 4.07. The van der Waals surface area contributed by atoms with Gasteiger partial charge in [0, 0.05) is 30.7 Å². The Balaban J connectivity index is 1.70. The topological polar surface area (TPSA) is 102 Å². The second kappa shape index (κ2) is 9.22. The minimum absolute atomic E-state index is 0.0679. The number of benzene rings is 3. The Hall–Kier alpha value is -4.59. The van der Waals surface area contributed by atoms with E-state index >= 15 is 0 Å². The number of aliphatic hydroxyl groups excluding tert-OH is 1. The van der Waals surface area contributed by atoms with Crippen LogP contribution in [0.1, 0.15) is 29.7 Å². The van der Waals surface area contributed by atoms with E-state index in [1.54, 1.807) is 66.7 Å². The fourth-order valence-corrected chi connectivity index (χ4v) is 4.58. The van der Waals surface area contributed by atoms with Crippen molar-refractivity contribution >= 4 is 29.1 Å². The molecule has 0 radical (unpaired) electrons. The fraction of sp³-hybridized carbons (Fsp3) is 0.179. The van der Waals surface area contributed by atoms with E-state index in [4.69, 9.17) is 14.2 Å². The molecule has 0 aliphatic carbocycles. The highest BCUT2D eigenvalue weighted by atomic mass is 16.5. The predicted octanol–water partition coefficient (Wildman–Crippen LogP) is 4.18. The quantitative estimate of drug-likeness (QED) is 0.190. The van der Waals surface area contributed by atoms with Crippen LogP contribution in [0.5, 0.6) is 17.2 Å². The van der Waals surface area contributed by atoms with Crippen molar-refractivity contribution in [2.75, 3.05) is 18.6 Å². The molecule has 0 bridgehead atoms. The molecular weight excluding hydrogens is 462 g/mol. The van der Waals surface area contributed by atoms with Crippen molar-refractivity contribution in [1.29, 1.82) is 0 Å². The Labute approximate surface area is 207 Å². The van der Waals surface area contributed by atoms with Gasteiger partial charge in [-0.2, -0.15) is 0 Å². The van der Waals surface area contributed by atoms with Crippen molar-refractivity contribution in [1.82, 2.24) is 0 Å². The summed E-state index contributed by atoms with van der Waals surface area (Å²) < 4.78 is 16.1. The van der Waals surface area contributed by atoms with Crippen molar-refractivity contribution < 1.29 is 33.7 Å². The molecular formula is C28H23NO7. The third-order valence-corrected chi connectivity index (χ3v) is 6.17. The first kappa shape index (κ1) is 23.2. The maximum absolute atomic E-state index is 13.4. The largest absolute Gasteiger partial charge is 0.507 e. The molecule has 2 aliphatic rings. The molecule has 2 aliphatic heterocycles. The van der Waals surface area contributed by atoms with E-state index in [9.17, 15) is 19.5 Å². The maximum atomic E-state index is 13.4. The second-order valence-electron chi connectivity index (χ2n) is 8.46. The van der Waals surface area contributed by atoms with Gasteiger partial charge in [0.1, 0.15) is 23.0 Å². The second-order valence-corrected chi connectivity index (χ2v) is 8.46. The number of esters is 1. The van der Waals surface area contributed by atoms with Gasteiger partial charge in [-0.25, -0.2) is 0 Å². The van der Waals surface area contributed by atoms with Crippen molar-refractivity contribution in [3.8, 4) is 17.2 Å². The molecule has 0 spiro atoms. The Morgan fingerprint density at radius 2 is 1.81 bits per heavy atom.